The molecule has 3 N–H and O–H groups in total. The van der Waals surface area contributed by atoms with Gasteiger partial charge < -0.3 is 11.1 Å². The highest BCUT2D eigenvalue weighted by molar-refractivity contribution is 5.88. The van der Waals surface area contributed by atoms with Crippen LogP contribution in [0.25, 0.3) is 11.1 Å². The number of hydrogen-bond acceptors (Lipinski definition) is 3. The first-order valence-electron chi connectivity index (χ1n) is 8.13. The Bertz CT molecular complexity index is 732. The minimum atomic E-state index is -0.359. The van der Waals surface area contributed by atoms with Gasteiger partial charge in [-0.3, -0.25) is 4.79 Å². The van der Waals surface area contributed by atoms with Crippen LogP contribution in [0.3, 0.4) is 0 Å². The van der Waals surface area contributed by atoms with Crippen molar-refractivity contribution in [1.82, 2.24) is 5.32 Å². The van der Waals surface area contributed by atoms with Gasteiger partial charge in [0.05, 0.1) is 12.0 Å². The van der Waals surface area contributed by atoms with E-state index >= 15 is 0 Å². The lowest BCUT2D eigenvalue weighted by atomic mass is 9.86. The summed E-state index contributed by atoms with van der Waals surface area (Å²) in [6, 6.07) is 17.6. The number of carbonyl (C=O) groups is 1. The number of para-hydroxylation sites is 1. The Hall–Kier alpha value is -2.80. The first-order valence-corrected chi connectivity index (χ1v) is 8.13. The van der Waals surface area contributed by atoms with Crippen LogP contribution in [-0.2, 0) is 4.79 Å². The standard InChI is InChI=1S/C20H23N3O/c1-14(2)13-18(20(24)23-12-11-21)17-10-6-9-16(19(17)22)15-7-4-3-5-8-15/h3-10,14,18H,12-13,22H2,1-2H3,(H,23,24). The molecule has 0 heterocycles. The average molecular weight is 321 g/mol. The zero-order valence-corrected chi connectivity index (χ0v) is 14.1. The van der Waals surface area contributed by atoms with E-state index in [0.29, 0.717) is 18.0 Å². The van der Waals surface area contributed by atoms with Gasteiger partial charge in [-0.05, 0) is 23.5 Å². The van der Waals surface area contributed by atoms with Crippen LogP contribution in [0.5, 0.6) is 0 Å². The number of amides is 1. The van der Waals surface area contributed by atoms with Gasteiger partial charge in [-0.15, -0.1) is 0 Å². The summed E-state index contributed by atoms with van der Waals surface area (Å²) in [6.45, 7) is 4.15. The Balaban J connectivity index is 2.43. The Morgan fingerprint density at radius 1 is 1.17 bits per heavy atom. The van der Waals surface area contributed by atoms with E-state index in [9.17, 15) is 4.79 Å². The number of nitrogens with two attached hydrogens (primary N) is 1. The van der Waals surface area contributed by atoms with Crippen molar-refractivity contribution in [2.24, 2.45) is 5.92 Å². The van der Waals surface area contributed by atoms with E-state index in [2.05, 4.69) is 19.2 Å². The molecule has 0 saturated carbocycles. The molecule has 0 radical (unpaired) electrons. The number of nitrogens with zero attached hydrogens (tertiary/aromatic N) is 1. The van der Waals surface area contributed by atoms with Crippen LogP contribution in [0.15, 0.2) is 48.5 Å². The first-order chi connectivity index (χ1) is 11.5. The molecule has 0 spiro atoms. The van der Waals surface area contributed by atoms with Gasteiger partial charge in [0, 0.05) is 11.3 Å². The van der Waals surface area contributed by atoms with Crippen molar-refractivity contribution in [2.45, 2.75) is 26.2 Å². The van der Waals surface area contributed by atoms with Crippen molar-refractivity contribution in [3.63, 3.8) is 0 Å². The van der Waals surface area contributed by atoms with Crippen molar-refractivity contribution in [2.75, 3.05) is 12.3 Å². The maximum absolute atomic E-state index is 12.5. The molecule has 0 aromatic heterocycles. The maximum Gasteiger partial charge on any atom is 0.228 e. The van der Waals surface area contributed by atoms with E-state index in [1.165, 1.54) is 0 Å². The third kappa shape index (κ3) is 4.14. The Kier molecular flexibility index (Phi) is 5.97. The molecule has 124 valence electrons. The molecule has 0 aliphatic rings. The summed E-state index contributed by atoms with van der Waals surface area (Å²) in [5, 5.41) is 11.4. The van der Waals surface area contributed by atoms with Gasteiger partial charge in [0.1, 0.15) is 6.54 Å². The molecule has 2 aromatic carbocycles. The highest BCUT2D eigenvalue weighted by Crippen LogP contribution is 2.35. The number of carbonyl (C=O) groups excluding carboxylic acids is 1. The molecule has 1 amide bonds. The second kappa shape index (κ2) is 8.16. The second-order valence-corrected chi connectivity index (χ2v) is 6.23. The summed E-state index contributed by atoms with van der Waals surface area (Å²) < 4.78 is 0. The first kappa shape index (κ1) is 17.6. The van der Waals surface area contributed by atoms with Crippen molar-refractivity contribution in [3.8, 4) is 17.2 Å². The topological polar surface area (TPSA) is 78.9 Å². The number of nitriles is 1. The molecular formula is C20H23N3O. The van der Waals surface area contributed by atoms with E-state index in [-0.39, 0.29) is 18.4 Å². The number of hydrogen-bond donors (Lipinski definition) is 2. The molecule has 0 bridgehead atoms. The van der Waals surface area contributed by atoms with Crippen LogP contribution in [-0.4, -0.2) is 12.5 Å². The fraction of sp³-hybridized carbons (Fsp3) is 0.300. The highest BCUT2D eigenvalue weighted by atomic mass is 16.1. The summed E-state index contributed by atoms with van der Waals surface area (Å²) in [5.41, 5.74) is 9.81. The molecule has 0 aliphatic carbocycles. The van der Waals surface area contributed by atoms with Crippen LogP contribution < -0.4 is 11.1 Å². The summed E-state index contributed by atoms with van der Waals surface area (Å²) in [5.74, 6) is -0.174. The zero-order valence-electron chi connectivity index (χ0n) is 14.1. The van der Waals surface area contributed by atoms with Gasteiger partial charge in [0.15, 0.2) is 0 Å². The average Bonchev–Trinajstić information content (AvgIpc) is 2.58. The van der Waals surface area contributed by atoms with E-state index < -0.39 is 0 Å². The van der Waals surface area contributed by atoms with Crippen LogP contribution >= 0.6 is 0 Å². The number of nitrogens with one attached hydrogen (secondary N) is 1. The summed E-state index contributed by atoms with van der Waals surface area (Å²) in [4.78, 5) is 12.5. The predicted molar refractivity (Wildman–Crippen MR) is 97.1 cm³/mol. The van der Waals surface area contributed by atoms with Gasteiger partial charge in [-0.25, -0.2) is 0 Å². The third-order valence-corrected chi connectivity index (χ3v) is 3.97. The lowest BCUT2D eigenvalue weighted by Crippen LogP contribution is -2.31. The Morgan fingerprint density at radius 2 is 1.88 bits per heavy atom. The summed E-state index contributed by atoms with van der Waals surface area (Å²) in [6.07, 6.45) is 0.680. The molecule has 2 aromatic rings. The van der Waals surface area contributed by atoms with Crippen LogP contribution in [0, 0.1) is 17.2 Å². The molecular weight excluding hydrogens is 298 g/mol. The molecule has 24 heavy (non-hydrogen) atoms. The summed E-state index contributed by atoms with van der Waals surface area (Å²) >= 11 is 0. The van der Waals surface area contributed by atoms with Crippen LogP contribution in [0.4, 0.5) is 5.69 Å². The van der Waals surface area contributed by atoms with Gasteiger partial charge in [-0.1, -0.05) is 62.4 Å². The fourth-order valence-electron chi connectivity index (χ4n) is 2.85. The molecule has 1 unspecified atom stereocenters. The highest BCUT2D eigenvalue weighted by Gasteiger charge is 2.24. The van der Waals surface area contributed by atoms with E-state index in [1.807, 2.05) is 54.6 Å². The van der Waals surface area contributed by atoms with Gasteiger partial charge >= 0.3 is 0 Å². The minimum Gasteiger partial charge on any atom is -0.398 e. The molecule has 0 saturated heterocycles. The van der Waals surface area contributed by atoms with E-state index in [4.69, 9.17) is 11.0 Å². The van der Waals surface area contributed by atoms with Crippen molar-refractivity contribution < 1.29 is 4.79 Å². The molecule has 0 fully saturated rings. The molecule has 4 nitrogen and oxygen atoms in total. The lowest BCUT2D eigenvalue weighted by Gasteiger charge is -2.21. The van der Waals surface area contributed by atoms with Gasteiger partial charge in [0.25, 0.3) is 0 Å². The monoisotopic (exact) mass is 321 g/mol. The van der Waals surface area contributed by atoms with Crippen molar-refractivity contribution in [3.05, 3.63) is 54.1 Å². The van der Waals surface area contributed by atoms with Gasteiger partial charge in [-0.2, -0.15) is 5.26 Å². The lowest BCUT2D eigenvalue weighted by molar-refractivity contribution is -0.122. The Morgan fingerprint density at radius 3 is 2.50 bits per heavy atom. The third-order valence-electron chi connectivity index (χ3n) is 3.97. The number of anilines is 1. The normalized spacial score (nSPS) is 11.8. The number of rotatable bonds is 6. The fourth-order valence-corrected chi connectivity index (χ4v) is 2.85. The smallest absolute Gasteiger partial charge is 0.228 e. The largest absolute Gasteiger partial charge is 0.398 e. The quantitative estimate of drug-likeness (QED) is 0.629. The number of benzene rings is 2. The minimum absolute atomic E-state index is 0.00566. The van der Waals surface area contributed by atoms with Gasteiger partial charge in [0.2, 0.25) is 5.91 Å². The zero-order chi connectivity index (χ0) is 17.5. The van der Waals surface area contributed by atoms with Crippen LogP contribution in [0.1, 0.15) is 31.7 Å². The second-order valence-electron chi connectivity index (χ2n) is 6.23. The SMILES string of the molecule is CC(C)CC(C(=O)NCC#N)c1cccc(-c2ccccc2)c1N. The van der Waals surface area contributed by atoms with E-state index in [0.717, 1.165) is 16.7 Å². The number of nitrogen functional groups attached to an aromatic ring is 1. The predicted octanol–water partition coefficient (Wildman–Crippen LogP) is 3.71. The van der Waals surface area contributed by atoms with E-state index in [1.54, 1.807) is 0 Å². The maximum atomic E-state index is 12.5. The molecule has 4 heteroatoms. The van der Waals surface area contributed by atoms with Crippen molar-refractivity contribution in [1.29, 1.82) is 5.26 Å². The molecule has 2 rings (SSSR count). The Labute approximate surface area is 143 Å². The molecule has 1 atom stereocenters. The van der Waals surface area contributed by atoms with Crippen molar-refractivity contribution >= 4 is 11.6 Å². The molecule has 0 aliphatic heterocycles. The van der Waals surface area contributed by atoms with Crippen LogP contribution in [0.2, 0.25) is 0 Å². The summed E-state index contributed by atoms with van der Waals surface area (Å²) in [7, 11) is 0.